The first kappa shape index (κ1) is 13.6. The minimum atomic E-state index is -0.253. The summed E-state index contributed by atoms with van der Waals surface area (Å²) in [5.74, 6) is -0.469. The summed E-state index contributed by atoms with van der Waals surface area (Å²) in [5, 5.41) is 3.44. The lowest BCUT2D eigenvalue weighted by atomic mass is 10.0. The Morgan fingerprint density at radius 3 is 2.83 bits per heavy atom. The van der Waals surface area contributed by atoms with Gasteiger partial charge in [-0.05, 0) is 23.7 Å². The van der Waals surface area contributed by atoms with Gasteiger partial charge >= 0.3 is 0 Å². The summed E-state index contributed by atoms with van der Waals surface area (Å²) >= 11 is 1.65. The number of hydrogen-bond acceptors (Lipinski definition) is 4. The summed E-state index contributed by atoms with van der Waals surface area (Å²) in [4.78, 5) is 12.6. The molecule has 0 unspecified atom stereocenters. The van der Waals surface area contributed by atoms with Crippen molar-refractivity contribution >= 4 is 29.9 Å². The zero-order chi connectivity index (χ0) is 13.0. The van der Waals surface area contributed by atoms with Gasteiger partial charge in [0.25, 0.3) is 0 Å². The van der Waals surface area contributed by atoms with Gasteiger partial charge in [-0.3, -0.25) is 4.79 Å². The first-order valence-corrected chi connectivity index (χ1v) is 7.15. The molecule has 1 aromatic rings. The van der Waals surface area contributed by atoms with Gasteiger partial charge in [-0.25, -0.2) is 0 Å². The normalized spacial score (nSPS) is 18.7. The maximum absolute atomic E-state index is 11.5. The van der Waals surface area contributed by atoms with E-state index in [1.807, 2.05) is 20.0 Å². The second-order valence-corrected chi connectivity index (χ2v) is 6.02. The molecule has 0 saturated carbocycles. The molecule has 1 aliphatic heterocycles. The smallest absolute Gasteiger partial charge is 0.227 e. The van der Waals surface area contributed by atoms with E-state index in [4.69, 9.17) is 10.5 Å². The summed E-state index contributed by atoms with van der Waals surface area (Å²) in [6.07, 6.45) is 2.02. The fourth-order valence-electron chi connectivity index (χ4n) is 2.17. The van der Waals surface area contributed by atoms with E-state index in [1.54, 1.807) is 11.3 Å². The molecule has 1 saturated heterocycles. The molecular weight excluding hydrogens is 247 g/mol. The van der Waals surface area contributed by atoms with E-state index in [0.717, 1.165) is 30.9 Å². The third-order valence-electron chi connectivity index (χ3n) is 3.28. The Bertz CT molecular complexity index is 405. The van der Waals surface area contributed by atoms with Crippen LogP contribution in [-0.4, -0.2) is 39.6 Å². The Hall–Kier alpha value is -0.845. The molecule has 1 amide bonds. The molecule has 1 fully saturated rings. The quantitative estimate of drug-likeness (QED) is 0.696. The van der Waals surface area contributed by atoms with Crippen LogP contribution in [0, 0.1) is 0 Å². The van der Waals surface area contributed by atoms with Crippen molar-refractivity contribution in [3.63, 3.8) is 0 Å². The van der Waals surface area contributed by atoms with Gasteiger partial charge in [0.05, 0.1) is 5.92 Å². The highest BCUT2D eigenvalue weighted by Crippen LogP contribution is 2.19. The van der Waals surface area contributed by atoms with Crippen LogP contribution in [0.15, 0.2) is 12.1 Å². The highest BCUT2D eigenvalue weighted by Gasteiger charge is 2.21. The second-order valence-electron chi connectivity index (χ2n) is 4.70. The van der Waals surface area contributed by atoms with Crippen molar-refractivity contribution in [2.45, 2.75) is 24.8 Å². The Morgan fingerprint density at radius 2 is 2.28 bits per heavy atom. The molecule has 0 spiro atoms. The summed E-state index contributed by atoms with van der Waals surface area (Å²) in [6.45, 7) is 2.23. The minimum absolute atomic E-state index is 0.216. The topological polar surface area (TPSA) is 64.3 Å². The highest BCUT2D eigenvalue weighted by atomic mass is 32.1. The van der Waals surface area contributed by atoms with Crippen LogP contribution in [0.25, 0.3) is 0 Å². The zero-order valence-corrected chi connectivity index (χ0v) is 11.5. The van der Waals surface area contributed by atoms with Crippen LogP contribution in [0.4, 0.5) is 0 Å². The number of thiophene rings is 1. The third kappa shape index (κ3) is 3.57. The maximum atomic E-state index is 11.5. The maximum Gasteiger partial charge on any atom is 0.227 e. The largest absolute Gasteiger partial charge is 0.381 e. The zero-order valence-electron chi connectivity index (χ0n) is 10.6. The number of carbonyl (C=O) groups is 1. The van der Waals surface area contributed by atoms with Crippen molar-refractivity contribution in [1.82, 2.24) is 5.32 Å². The molecule has 18 heavy (non-hydrogen) atoms. The van der Waals surface area contributed by atoms with E-state index in [0.29, 0.717) is 12.6 Å². The van der Waals surface area contributed by atoms with Gasteiger partial charge in [0.15, 0.2) is 7.85 Å². The molecule has 1 atom stereocenters. The molecule has 0 bridgehead atoms. The fourth-order valence-corrected chi connectivity index (χ4v) is 3.15. The van der Waals surface area contributed by atoms with E-state index in [1.165, 1.54) is 4.78 Å². The first-order chi connectivity index (χ1) is 8.66. The van der Waals surface area contributed by atoms with Crippen molar-refractivity contribution in [2.75, 3.05) is 19.8 Å². The van der Waals surface area contributed by atoms with Gasteiger partial charge in [0, 0.05) is 30.7 Å². The average Bonchev–Trinajstić information content (AvgIpc) is 2.77. The molecule has 1 aromatic heterocycles. The van der Waals surface area contributed by atoms with Gasteiger partial charge in [0.1, 0.15) is 0 Å². The second kappa shape index (κ2) is 6.36. The molecule has 1 aliphatic rings. The molecule has 0 radical (unpaired) electrons. The van der Waals surface area contributed by atoms with E-state index < -0.39 is 0 Å². The van der Waals surface area contributed by atoms with Gasteiger partial charge in [-0.15, -0.1) is 0 Å². The molecule has 3 N–H and O–H groups in total. The van der Waals surface area contributed by atoms with Gasteiger partial charge in [-0.1, -0.05) is 6.07 Å². The van der Waals surface area contributed by atoms with E-state index in [9.17, 15) is 4.79 Å². The minimum Gasteiger partial charge on any atom is -0.381 e. The first-order valence-electron chi connectivity index (χ1n) is 6.33. The van der Waals surface area contributed by atoms with Crippen LogP contribution in [0.3, 0.4) is 0 Å². The number of rotatable bonds is 5. The van der Waals surface area contributed by atoms with E-state index >= 15 is 0 Å². The van der Waals surface area contributed by atoms with Crippen molar-refractivity contribution in [1.29, 1.82) is 0 Å². The summed E-state index contributed by atoms with van der Waals surface area (Å²) in [7, 11) is 2.04. The number of nitrogens with one attached hydrogen (secondary N) is 1. The van der Waals surface area contributed by atoms with Crippen LogP contribution in [0.2, 0.25) is 0 Å². The monoisotopic (exact) mass is 266 g/mol. The summed E-state index contributed by atoms with van der Waals surface area (Å²) in [5.41, 5.74) is 5.50. The van der Waals surface area contributed by atoms with Crippen LogP contribution in [-0.2, 0) is 9.53 Å². The highest BCUT2D eigenvalue weighted by molar-refractivity contribution is 7.20. The van der Waals surface area contributed by atoms with Crippen LogP contribution in [0.5, 0.6) is 0 Å². The molecule has 0 aliphatic carbocycles. The average molecular weight is 266 g/mol. The number of ether oxygens (including phenoxy) is 1. The van der Waals surface area contributed by atoms with Crippen LogP contribution in [0.1, 0.15) is 23.6 Å². The third-order valence-corrected chi connectivity index (χ3v) is 4.39. The molecular formula is C12H19BN2O2S. The SMILES string of the molecule is Bc1ccc([C@@H](CNC2CCOCC2)C(N)=O)s1. The molecule has 98 valence electrons. The fraction of sp³-hybridized carbons (Fsp3) is 0.583. The molecule has 0 aromatic carbocycles. The summed E-state index contributed by atoms with van der Waals surface area (Å²) < 4.78 is 6.52. The van der Waals surface area contributed by atoms with Gasteiger partial charge < -0.3 is 15.8 Å². The summed E-state index contributed by atoms with van der Waals surface area (Å²) in [6, 6.07) is 4.48. The number of nitrogens with two attached hydrogens (primary N) is 1. The predicted octanol–water partition coefficient (Wildman–Crippen LogP) is -0.656. The Morgan fingerprint density at radius 1 is 1.56 bits per heavy atom. The molecule has 2 rings (SSSR count). The predicted molar refractivity (Wildman–Crippen MR) is 76.3 cm³/mol. The van der Waals surface area contributed by atoms with Crippen molar-refractivity contribution in [3.05, 3.63) is 17.0 Å². The molecule has 2 heterocycles. The lowest BCUT2D eigenvalue weighted by molar-refractivity contribution is -0.119. The Kier molecular flexibility index (Phi) is 4.80. The number of amides is 1. The van der Waals surface area contributed by atoms with E-state index in [-0.39, 0.29) is 11.8 Å². The van der Waals surface area contributed by atoms with Crippen molar-refractivity contribution in [2.24, 2.45) is 5.73 Å². The Balaban J connectivity index is 1.92. The molecule has 4 nitrogen and oxygen atoms in total. The standard InChI is InChI=1S/C12H19BN2O2S/c13-11-2-1-10(18-11)9(12(14)16)7-15-8-3-5-17-6-4-8/h1-2,8-9,15H,3-7,13H2,(H2,14,16)/t9-/m1/s1. The van der Waals surface area contributed by atoms with Crippen LogP contribution >= 0.6 is 11.3 Å². The lowest BCUT2D eigenvalue weighted by Crippen LogP contribution is -2.39. The number of carbonyl (C=O) groups excluding carboxylic acids is 1. The lowest BCUT2D eigenvalue weighted by Gasteiger charge is -2.24. The number of hydrogen-bond donors (Lipinski definition) is 2. The Labute approximate surface area is 112 Å². The van der Waals surface area contributed by atoms with Crippen molar-refractivity contribution < 1.29 is 9.53 Å². The van der Waals surface area contributed by atoms with Gasteiger partial charge in [-0.2, -0.15) is 11.3 Å². The van der Waals surface area contributed by atoms with Crippen LogP contribution < -0.4 is 15.8 Å². The van der Waals surface area contributed by atoms with Crippen molar-refractivity contribution in [3.8, 4) is 0 Å². The molecule has 6 heteroatoms. The van der Waals surface area contributed by atoms with E-state index in [2.05, 4.69) is 5.32 Å². The number of primary amides is 1. The van der Waals surface area contributed by atoms with Gasteiger partial charge in [0.2, 0.25) is 5.91 Å².